The predicted molar refractivity (Wildman–Crippen MR) is 108 cm³/mol. The molecule has 10 nitrogen and oxygen atoms in total. The van der Waals surface area contributed by atoms with Crippen LogP contribution in [-0.2, 0) is 6.54 Å². The lowest BCUT2D eigenvalue weighted by atomic mass is 9.96. The highest BCUT2D eigenvalue weighted by atomic mass is 16.5. The molecule has 162 valence electrons. The number of rotatable bonds is 3. The van der Waals surface area contributed by atoms with Crippen molar-refractivity contribution in [3.05, 3.63) is 52.8 Å². The first-order valence-electron chi connectivity index (χ1n) is 10.7. The molecular formula is C21H24N6O4. The average Bonchev–Trinajstić information content (AvgIpc) is 3.51. The van der Waals surface area contributed by atoms with Crippen molar-refractivity contribution in [2.24, 2.45) is 5.92 Å². The number of fused-ring (bicyclic) bond motifs is 1. The lowest BCUT2D eigenvalue weighted by molar-refractivity contribution is -0.605. The molecule has 1 N–H and O–H groups in total. The average molecular weight is 424 g/mol. The molecular weight excluding hydrogens is 400 g/mol. The van der Waals surface area contributed by atoms with Crippen LogP contribution in [0.1, 0.15) is 50.6 Å². The standard InChI is InChI=1S/C21H24N6O4/c28-19-18-11-16(23-27(18)10-6-22-19)21(30)24-9-5-14(12-24)17-4-2-8-26(17)20(29)15-3-1-7-25(31)13-15/h1,3,7,11,13-14,17H,2,4-6,8-10,12H2,(H,22,28). The first kappa shape index (κ1) is 19.5. The molecule has 10 heteroatoms. The van der Waals surface area contributed by atoms with Crippen LogP contribution in [0.4, 0.5) is 0 Å². The number of carbonyl (C=O) groups excluding carboxylic acids is 3. The number of hydrogen-bond acceptors (Lipinski definition) is 5. The van der Waals surface area contributed by atoms with Crippen LogP contribution in [0, 0.1) is 11.1 Å². The highest BCUT2D eigenvalue weighted by molar-refractivity contribution is 5.98. The van der Waals surface area contributed by atoms with Crippen molar-refractivity contribution in [3.8, 4) is 0 Å². The van der Waals surface area contributed by atoms with E-state index in [0.717, 1.165) is 19.3 Å². The number of pyridine rings is 1. The van der Waals surface area contributed by atoms with E-state index in [-0.39, 0.29) is 35.4 Å². The van der Waals surface area contributed by atoms with Gasteiger partial charge in [-0.3, -0.25) is 19.1 Å². The normalized spacial score (nSPS) is 23.0. The maximum atomic E-state index is 13.0. The summed E-state index contributed by atoms with van der Waals surface area (Å²) in [5.41, 5.74) is 1.09. The van der Waals surface area contributed by atoms with Crippen molar-refractivity contribution in [3.63, 3.8) is 0 Å². The van der Waals surface area contributed by atoms with E-state index in [9.17, 15) is 19.6 Å². The van der Waals surface area contributed by atoms with Gasteiger partial charge in [-0.05, 0) is 31.2 Å². The Morgan fingerprint density at radius 2 is 2.06 bits per heavy atom. The fraction of sp³-hybridized carbons (Fsp3) is 0.476. The van der Waals surface area contributed by atoms with Gasteiger partial charge in [0.1, 0.15) is 11.3 Å². The molecule has 0 saturated carbocycles. The van der Waals surface area contributed by atoms with E-state index in [0.29, 0.717) is 48.7 Å². The highest BCUT2D eigenvalue weighted by Gasteiger charge is 2.40. The van der Waals surface area contributed by atoms with Gasteiger partial charge < -0.3 is 20.3 Å². The monoisotopic (exact) mass is 424 g/mol. The van der Waals surface area contributed by atoms with E-state index in [2.05, 4.69) is 10.4 Å². The number of amides is 3. The molecule has 2 saturated heterocycles. The lowest BCUT2D eigenvalue weighted by Gasteiger charge is -2.29. The Morgan fingerprint density at radius 1 is 1.19 bits per heavy atom. The largest absolute Gasteiger partial charge is 0.619 e. The highest BCUT2D eigenvalue weighted by Crippen LogP contribution is 2.32. The molecule has 2 atom stereocenters. The third-order valence-electron chi connectivity index (χ3n) is 6.48. The van der Waals surface area contributed by atoms with Gasteiger partial charge in [0.2, 0.25) is 0 Å². The van der Waals surface area contributed by atoms with Gasteiger partial charge in [0.25, 0.3) is 17.7 Å². The number of nitrogens with one attached hydrogen (secondary N) is 1. The van der Waals surface area contributed by atoms with Gasteiger partial charge in [-0.2, -0.15) is 9.83 Å². The quantitative estimate of drug-likeness (QED) is 0.551. The van der Waals surface area contributed by atoms with Crippen molar-refractivity contribution >= 4 is 17.7 Å². The van der Waals surface area contributed by atoms with Gasteiger partial charge in [0.05, 0.1) is 6.54 Å². The van der Waals surface area contributed by atoms with Crippen LogP contribution in [0.5, 0.6) is 0 Å². The number of aromatic nitrogens is 3. The van der Waals surface area contributed by atoms with Gasteiger partial charge in [-0.15, -0.1) is 0 Å². The van der Waals surface area contributed by atoms with Crippen molar-refractivity contribution < 1.29 is 19.1 Å². The molecule has 2 aromatic rings. The Morgan fingerprint density at radius 3 is 2.87 bits per heavy atom. The summed E-state index contributed by atoms with van der Waals surface area (Å²) in [7, 11) is 0. The van der Waals surface area contributed by atoms with E-state index in [4.69, 9.17) is 0 Å². The summed E-state index contributed by atoms with van der Waals surface area (Å²) in [6.07, 6.45) is 5.27. The minimum Gasteiger partial charge on any atom is -0.619 e. The van der Waals surface area contributed by atoms with E-state index >= 15 is 0 Å². The summed E-state index contributed by atoms with van der Waals surface area (Å²) in [6, 6.07) is 4.84. The molecule has 0 bridgehead atoms. The number of hydrogen-bond donors (Lipinski definition) is 1. The first-order valence-corrected chi connectivity index (χ1v) is 10.7. The van der Waals surface area contributed by atoms with Gasteiger partial charge in [0.15, 0.2) is 18.1 Å². The fourth-order valence-electron chi connectivity index (χ4n) is 4.97. The zero-order chi connectivity index (χ0) is 21.5. The second-order valence-corrected chi connectivity index (χ2v) is 8.35. The van der Waals surface area contributed by atoms with E-state index in [1.807, 2.05) is 4.90 Å². The molecule has 3 aliphatic rings. The molecule has 31 heavy (non-hydrogen) atoms. The Balaban J connectivity index is 1.28. The zero-order valence-corrected chi connectivity index (χ0v) is 17.1. The van der Waals surface area contributed by atoms with Gasteiger partial charge in [0, 0.05) is 44.4 Å². The lowest BCUT2D eigenvalue weighted by Crippen LogP contribution is -2.42. The SMILES string of the molecule is O=C1NCCn2nc(C(=O)N3CCC(C4CCCN4C(=O)c4ccc[n+]([O-])c4)C3)cc21. The molecule has 3 amide bonds. The Bertz CT molecular complexity index is 1050. The van der Waals surface area contributed by atoms with Crippen molar-refractivity contribution in [2.45, 2.75) is 31.8 Å². The second-order valence-electron chi connectivity index (χ2n) is 8.35. The van der Waals surface area contributed by atoms with Crippen LogP contribution in [0.2, 0.25) is 0 Å². The number of carbonyl (C=O) groups is 3. The van der Waals surface area contributed by atoms with Gasteiger partial charge in [-0.25, -0.2) is 0 Å². The van der Waals surface area contributed by atoms with Crippen molar-refractivity contribution in [2.75, 3.05) is 26.2 Å². The van der Waals surface area contributed by atoms with Crippen LogP contribution in [-0.4, -0.2) is 69.5 Å². The topological polar surface area (TPSA) is 114 Å². The maximum absolute atomic E-state index is 13.0. The molecule has 5 rings (SSSR count). The molecule has 0 aromatic carbocycles. The van der Waals surface area contributed by atoms with Crippen LogP contribution < -0.4 is 10.0 Å². The number of likely N-dealkylation sites (tertiary alicyclic amines) is 2. The minimum absolute atomic E-state index is 0.0478. The zero-order valence-electron chi connectivity index (χ0n) is 17.1. The Hall–Kier alpha value is -3.43. The van der Waals surface area contributed by atoms with E-state index < -0.39 is 0 Å². The van der Waals surface area contributed by atoms with E-state index in [1.54, 1.807) is 27.8 Å². The molecule has 0 aliphatic carbocycles. The third-order valence-corrected chi connectivity index (χ3v) is 6.48. The summed E-state index contributed by atoms with van der Waals surface area (Å²) in [5, 5.41) is 18.6. The van der Waals surface area contributed by atoms with Gasteiger partial charge >= 0.3 is 0 Å². The summed E-state index contributed by atoms with van der Waals surface area (Å²) in [6.45, 7) is 2.87. The third kappa shape index (κ3) is 3.51. The van der Waals surface area contributed by atoms with Crippen LogP contribution >= 0.6 is 0 Å². The van der Waals surface area contributed by atoms with Crippen LogP contribution in [0.25, 0.3) is 0 Å². The number of nitrogens with zero attached hydrogens (tertiary/aromatic N) is 5. The molecule has 2 unspecified atom stereocenters. The predicted octanol–water partition coefficient (Wildman–Crippen LogP) is 0.0268. The first-order chi connectivity index (χ1) is 15.0. The van der Waals surface area contributed by atoms with Crippen molar-refractivity contribution in [1.82, 2.24) is 24.9 Å². The molecule has 0 radical (unpaired) electrons. The molecule has 0 spiro atoms. The van der Waals surface area contributed by atoms with Crippen molar-refractivity contribution in [1.29, 1.82) is 0 Å². The van der Waals surface area contributed by atoms with Gasteiger partial charge in [-0.1, -0.05) is 0 Å². The fourth-order valence-corrected chi connectivity index (χ4v) is 4.97. The minimum atomic E-state index is -0.211. The van der Waals surface area contributed by atoms with E-state index in [1.165, 1.54) is 12.4 Å². The second kappa shape index (κ2) is 7.68. The summed E-state index contributed by atoms with van der Waals surface area (Å²) >= 11 is 0. The maximum Gasteiger partial charge on any atom is 0.274 e. The molecule has 2 aromatic heterocycles. The smallest absolute Gasteiger partial charge is 0.274 e. The molecule has 2 fully saturated rings. The summed E-state index contributed by atoms with van der Waals surface area (Å²) in [5.74, 6) is -0.342. The summed E-state index contributed by atoms with van der Waals surface area (Å²) in [4.78, 5) is 41.6. The van der Waals surface area contributed by atoms with Crippen LogP contribution in [0.3, 0.4) is 0 Å². The molecule has 5 heterocycles. The Kier molecular flexibility index (Phi) is 4.84. The molecule has 3 aliphatic heterocycles. The Labute approximate surface area is 179 Å². The van der Waals surface area contributed by atoms with Crippen LogP contribution in [0.15, 0.2) is 30.6 Å². The summed E-state index contributed by atoms with van der Waals surface area (Å²) < 4.78 is 2.22.